The number of para-hydroxylation sites is 1. The number of aromatic nitrogens is 4. The number of imidazole rings is 1. The van der Waals surface area contributed by atoms with Crippen LogP contribution in [0.25, 0.3) is 16.9 Å². The van der Waals surface area contributed by atoms with E-state index in [0.717, 1.165) is 5.69 Å². The van der Waals surface area contributed by atoms with Crippen LogP contribution in [-0.4, -0.2) is 29.7 Å². The number of benzene rings is 2. The van der Waals surface area contributed by atoms with Gasteiger partial charge in [0.25, 0.3) is 0 Å². The summed E-state index contributed by atoms with van der Waals surface area (Å²) in [6.45, 7) is 0. The number of hydrogen-bond donors (Lipinski definition) is 3. The first-order valence-electron chi connectivity index (χ1n) is 7.24. The zero-order valence-electron chi connectivity index (χ0n) is 12.5. The molecule has 3 N–H and O–H groups in total. The molecule has 24 heavy (non-hydrogen) atoms. The van der Waals surface area contributed by atoms with Crippen molar-refractivity contribution in [1.82, 2.24) is 19.5 Å². The monoisotopic (exact) mass is 319 g/mol. The highest BCUT2D eigenvalue weighted by molar-refractivity contribution is 5.74. The fourth-order valence-electron chi connectivity index (χ4n) is 2.44. The van der Waals surface area contributed by atoms with Crippen LogP contribution in [0, 0.1) is 0 Å². The van der Waals surface area contributed by atoms with Gasteiger partial charge >= 0.3 is 0 Å². The van der Waals surface area contributed by atoms with E-state index in [1.54, 1.807) is 12.5 Å². The van der Waals surface area contributed by atoms with Gasteiger partial charge in [0.2, 0.25) is 5.95 Å². The van der Waals surface area contributed by atoms with Crippen molar-refractivity contribution in [3.8, 4) is 17.2 Å². The quantitative estimate of drug-likeness (QED) is 0.537. The first kappa shape index (κ1) is 14.0. The van der Waals surface area contributed by atoms with Crippen molar-refractivity contribution in [2.75, 3.05) is 5.32 Å². The van der Waals surface area contributed by atoms with Gasteiger partial charge in [-0.05, 0) is 12.1 Å². The van der Waals surface area contributed by atoms with Crippen molar-refractivity contribution in [1.29, 1.82) is 0 Å². The number of phenols is 2. The summed E-state index contributed by atoms with van der Waals surface area (Å²) in [5.74, 6) is 0.242. The van der Waals surface area contributed by atoms with Crippen molar-refractivity contribution < 1.29 is 10.2 Å². The third-order valence-electron chi connectivity index (χ3n) is 3.48. The molecule has 0 saturated heterocycles. The van der Waals surface area contributed by atoms with Gasteiger partial charge in [0.05, 0.1) is 6.20 Å². The number of phenolic OH excluding ortho intramolecular Hbond substituents is 2. The maximum absolute atomic E-state index is 9.55. The predicted octanol–water partition coefficient (Wildman–Crippen LogP) is 2.97. The van der Waals surface area contributed by atoms with Crippen molar-refractivity contribution in [2.24, 2.45) is 0 Å². The SMILES string of the molecule is Oc1cc(O)cc(Nc2ncc3ncn(-c4ccccc4)c3n2)c1. The molecule has 0 spiro atoms. The fraction of sp³-hybridized carbons (Fsp3) is 0. The molecular formula is C17H13N5O2. The number of fused-ring (bicyclic) bond motifs is 1. The molecule has 0 aliphatic carbocycles. The molecule has 4 aromatic rings. The van der Waals surface area contributed by atoms with E-state index >= 15 is 0 Å². The summed E-state index contributed by atoms with van der Waals surface area (Å²) in [6, 6.07) is 13.9. The summed E-state index contributed by atoms with van der Waals surface area (Å²) in [5, 5.41) is 22.1. The molecule has 0 amide bonds. The minimum atomic E-state index is -0.0482. The van der Waals surface area contributed by atoms with E-state index in [0.29, 0.717) is 22.8 Å². The minimum Gasteiger partial charge on any atom is -0.508 e. The normalized spacial score (nSPS) is 10.8. The molecule has 0 radical (unpaired) electrons. The van der Waals surface area contributed by atoms with Gasteiger partial charge in [-0.25, -0.2) is 9.97 Å². The van der Waals surface area contributed by atoms with Crippen LogP contribution in [0.4, 0.5) is 11.6 Å². The van der Waals surface area contributed by atoms with E-state index < -0.39 is 0 Å². The molecule has 0 aliphatic rings. The molecule has 7 nitrogen and oxygen atoms in total. The van der Waals surface area contributed by atoms with E-state index in [1.165, 1.54) is 18.2 Å². The van der Waals surface area contributed by atoms with Crippen molar-refractivity contribution in [2.45, 2.75) is 0 Å². The standard InChI is InChI=1S/C17H13N5O2/c23-13-6-11(7-14(24)8-13)20-17-18-9-15-16(21-17)22(10-19-15)12-4-2-1-3-5-12/h1-10,23-24H,(H,18,20,21). The first-order valence-corrected chi connectivity index (χ1v) is 7.24. The molecule has 0 aliphatic heterocycles. The van der Waals surface area contributed by atoms with Crippen LogP contribution in [0.3, 0.4) is 0 Å². The van der Waals surface area contributed by atoms with Gasteiger partial charge in [-0.15, -0.1) is 0 Å². The van der Waals surface area contributed by atoms with Crippen LogP contribution in [0.1, 0.15) is 0 Å². The number of nitrogens with one attached hydrogen (secondary N) is 1. The van der Waals surface area contributed by atoms with E-state index in [4.69, 9.17) is 0 Å². The highest BCUT2D eigenvalue weighted by atomic mass is 16.3. The Morgan fingerprint density at radius 3 is 2.42 bits per heavy atom. The number of hydrogen-bond acceptors (Lipinski definition) is 6. The van der Waals surface area contributed by atoms with Crippen molar-refractivity contribution in [3.63, 3.8) is 0 Å². The Morgan fingerprint density at radius 2 is 1.67 bits per heavy atom. The zero-order valence-corrected chi connectivity index (χ0v) is 12.5. The molecule has 0 saturated carbocycles. The lowest BCUT2D eigenvalue weighted by Crippen LogP contribution is -1.99. The smallest absolute Gasteiger partial charge is 0.229 e. The van der Waals surface area contributed by atoms with Gasteiger partial charge in [-0.1, -0.05) is 18.2 Å². The second-order valence-corrected chi connectivity index (χ2v) is 5.22. The molecule has 2 aromatic carbocycles. The molecule has 4 rings (SSSR count). The molecule has 0 fully saturated rings. The van der Waals surface area contributed by atoms with Crippen molar-refractivity contribution in [3.05, 3.63) is 61.1 Å². The van der Waals surface area contributed by atoms with Gasteiger partial charge in [0.1, 0.15) is 23.3 Å². The molecule has 2 aromatic heterocycles. The average Bonchev–Trinajstić information content (AvgIpc) is 2.98. The van der Waals surface area contributed by atoms with Crippen LogP contribution >= 0.6 is 0 Å². The van der Waals surface area contributed by atoms with Crippen LogP contribution in [0.15, 0.2) is 61.1 Å². The number of rotatable bonds is 3. The molecular weight excluding hydrogens is 306 g/mol. The van der Waals surface area contributed by atoms with Crippen molar-refractivity contribution >= 4 is 22.8 Å². The topological polar surface area (TPSA) is 96.1 Å². The number of aromatic hydroxyl groups is 2. The van der Waals surface area contributed by atoms with Gasteiger partial charge in [-0.3, -0.25) is 4.57 Å². The first-order chi connectivity index (χ1) is 11.7. The summed E-state index contributed by atoms with van der Waals surface area (Å²) < 4.78 is 1.86. The molecule has 0 bridgehead atoms. The molecule has 2 heterocycles. The summed E-state index contributed by atoms with van der Waals surface area (Å²) in [7, 11) is 0. The van der Waals surface area contributed by atoms with Crippen LogP contribution in [-0.2, 0) is 0 Å². The van der Waals surface area contributed by atoms with E-state index in [9.17, 15) is 10.2 Å². The Kier molecular flexibility index (Phi) is 3.24. The summed E-state index contributed by atoms with van der Waals surface area (Å²) in [4.78, 5) is 13.0. The number of anilines is 2. The van der Waals surface area contributed by atoms with E-state index in [-0.39, 0.29) is 11.5 Å². The third kappa shape index (κ3) is 2.58. The van der Waals surface area contributed by atoms with Gasteiger partial charge in [0, 0.05) is 29.6 Å². The molecule has 0 atom stereocenters. The highest BCUT2D eigenvalue weighted by Crippen LogP contribution is 2.26. The second kappa shape index (κ2) is 5.54. The molecule has 0 unspecified atom stereocenters. The highest BCUT2D eigenvalue weighted by Gasteiger charge is 2.09. The lowest BCUT2D eigenvalue weighted by atomic mass is 10.3. The lowest BCUT2D eigenvalue weighted by molar-refractivity contribution is 0.451. The summed E-state index contributed by atoms with van der Waals surface area (Å²) >= 11 is 0. The predicted molar refractivity (Wildman–Crippen MR) is 89.7 cm³/mol. The summed E-state index contributed by atoms with van der Waals surface area (Å²) in [6.07, 6.45) is 3.31. The van der Waals surface area contributed by atoms with Crippen LogP contribution in [0.2, 0.25) is 0 Å². The molecule has 118 valence electrons. The van der Waals surface area contributed by atoms with Gasteiger partial charge in [0.15, 0.2) is 5.65 Å². The van der Waals surface area contributed by atoms with Gasteiger partial charge < -0.3 is 15.5 Å². The van der Waals surface area contributed by atoms with Crippen LogP contribution < -0.4 is 5.32 Å². The Hall–Kier alpha value is -3.61. The maximum Gasteiger partial charge on any atom is 0.229 e. The largest absolute Gasteiger partial charge is 0.508 e. The second-order valence-electron chi connectivity index (χ2n) is 5.22. The lowest BCUT2D eigenvalue weighted by Gasteiger charge is -2.07. The third-order valence-corrected chi connectivity index (χ3v) is 3.48. The Labute approximate surface area is 136 Å². The zero-order chi connectivity index (χ0) is 16.5. The summed E-state index contributed by atoms with van der Waals surface area (Å²) in [5.41, 5.74) is 2.75. The van der Waals surface area contributed by atoms with E-state index in [2.05, 4.69) is 20.3 Å². The van der Waals surface area contributed by atoms with Crippen LogP contribution in [0.5, 0.6) is 11.5 Å². The minimum absolute atomic E-state index is 0.0482. The Morgan fingerprint density at radius 1 is 0.917 bits per heavy atom. The maximum atomic E-state index is 9.55. The number of nitrogens with zero attached hydrogens (tertiary/aromatic N) is 4. The van der Waals surface area contributed by atoms with Gasteiger partial charge in [-0.2, -0.15) is 4.98 Å². The fourth-order valence-corrected chi connectivity index (χ4v) is 2.44. The Balaban J connectivity index is 1.75. The molecule has 7 heteroatoms. The average molecular weight is 319 g/mol. The van der Waals surface area contributed by atoms with E-state index in [1.807, 2.05) is 34.9 Å². The Bertz CT molecular complexity index is 994.